The highest BCUT2D eigenvalue weighted by Crippen LogP contribution is 1.97. The zero-order chi connectivity index (χ0) is 9.40. The molecule has 0 aromatic heterocycles. The van der Waals surface area contributed by atoms with Gasteiger partial charge in [0.15, 0.2) is 0 Å². The van der Waals surface area contributed by atoms with E-state index < -0.39 is 0 Å². The SMILES string of the molecule is CSNCCNC(=O)CC(C)C. The molecule has 0 radical (unpaired) electrons. The lowest BCUT2D eigenvalue weighted by atomic mass is 10.1. The fourth-order valence-corrected chi connectivity index (χ4v) is 1.10. The lowest BCUT2D eigenvalue weighted by Gasteiger charge is -2.06. The van der Waals surface area contributed by atoms with Crippen molar-refractivity contribution in [2.75, 3.05) is 19.3 Å². The molecule has 2 N–H and O–H groups in total. The molecule has 0 aromatic carbocycles. The molecule has 0 rings (SSSR count). The van der Waals surface area contributed by atoms with Crippen LogP contribution in [0.25, 0.3) is 0 Å². The normalized spacial score (nSPS) is 10.3. The second kappa shape index (κ2) is 7.43. The minimum Gasteiger partial charge on any atom is -0.355 e. The van der Waals surface area contributed by atoms with Gasteiger partial charge in [-0.2, -0.15) is 0 Å². The number of rotatable bonds is 6. The number of nitrogens with one attached hydrogen (secondary N) is 2. The summed E-state index contributed by atoms with van der Waals surface area (Å²) in [5.41, 5.74) is 0. The highest BCUT2D eigenvalue weighted by molar-refractivity contribution is 7.96. The van der Waals surface area contributed by atoms with Crippen molar-refractivity contribution in [3.63, 3.8) is 0 Å². The van der Waals surface area contributed by atoms with Crippen LogP contribution in [-0.4, -0.2) is 25.3 Å². The first-order valence-electron chi connectivity index (χ1n) is 4.19. The maximum absolute atomic E-state index is 11.1. The molecule has 0 unspecified atom stereocenters. The first-order valence-corrected chi connectivity index (χ1v) is 5.41. The topological polar surface area (TPSA) is 41.1 Å². The van der Waals surface area contributed by atoms with Crippen LogP contribution in [0, 0.1) is 5.92 Å². The van der Waals surface area contributed by atoms with Gasteiger partial charge in [0.25, 0.3) is 0 Å². The number of amides is 1. The fraction of sp³-hybridized carbons (Fsp3) is 0.875. The van der Waals surface area contributed by atoms with Gasteiger partial charge in [-0.05, 0) is 12.2 Å². The molecule has 12 heavy (non-hydrogen) atoms. The van der Waals surface area contributed by atoms with Crippen LogP contribution in [0.4, 0.5) is 0 Å². The highest BCUT2D eigenvalue weighted by Gasteiger charge is 2.02. The van der Waals surface area contributed by atoms with E-state index >= 15 is 0 Å². The number of carbonyl (C=O) groups excluding carboxylic acids is 1. The molecule has 72 valence electrons. The summed E-state index contributed by atoms with van der Waals surface area (Å²) in [5.74, 6) is 0.589. The van der Waals surface area contributed by atoms with E-state index in [4.69, 9.17) is 0 Å². The molecule has 0 spiro atoms. The zero-order valence-electron chi connectivity index (χ0n) is 8.02. The molecule has 1 amide bonds. The standard InChI is InChI=1S/C8H18N2OS/c1-7(2)6-8(11)9-4-5-10-12-3/h7,10H,4-6H2,1-3H3,(H,9,11). The summed E-state index contributed by atoms with van der Waals surface area (Å²) in [7, 11) is 0. The third kappa shape index (κ3) is 7.88. The van der Waals surface area contributed by atoms with E-state index in [-0.39, 0.29) is 5.91 Å². The molecule has 0 aliphatic rings. The largest absolute Gasteiger partial charge is 0.355 e. The Morgan fingerprint density at radius 2 is 2.08 bits per heavy atom. The molecule has 0 saturated carbocycles. The third-order valence-corrected chi connectivity index (χ3v) is 1.78. The quantitative estimate of drug-likeness (QED) is 0.485. The monoisotopic (exact) mass is 190 g/mol. The smallest absolute Gasteiger partial charge is 0.220 e. The molecule has 0 saturated heterocycles. The summed E-state index contributed by atoms with van der Waals surface area (Å²) in [6, 6.07) is 0. The van der Waals surface area contributed by atoms with Gasteiger partial charge in [0, 0.05) is 19.5 Å². The summed E-state index contributed by atoms with van der Waals surface area (Å²) in [6.45, 7) is 5.62. The second-order valence-corrected chi connectivity index (χ2v) is 3.74. The summed E-state index contributed by atoms with van der Waals surface area (Å²) in [6.07, 6.45) is 2.59. The van der Waals surface area contributed by atoms with Crippen molar-refractivity contribution >= 4 is 17.9 Å². The summed E-state index contributed by atoms with van der Waals surface area (Å²) in [4.78, 5) is 11.1. The van der Waals surface area contributed by atoms with Crippen LogP contribution >= 0.6 is 11.9 Å². The molecule has 4 heteroatoms. The molecule has 0 bridgehead atoms. The molecular formula is C8H18N2OS. The van der Waals surface area contributed by atoms with Gasteiger partial charge in [0.2, 0.25) is 5.91 Å². The molecule has 0 heterocycles. The highest BCUT2D eigenvalue weighted by atomic mass is 32.2. The fourth-order valence-electron chi connectivity index (χ4n) is 0.798. The average molecular weight is 190 g/mol. The van der Waals surface area contributed by atoms with E-state index in [0.29, 0.717) is 18.9 Å². The first-order chi connectivity index (χ1) is 5.66. The van der Waals surface area contributed by atoms with Crippen molar-refractivity contribution in [2.24, 2.45) is 5.92 Å². The lowest BCUT2D eigenvalue weighted by Crippen LogP contribution is -2.30. The van der Waals surface area contributed by atoms with Crippen LogP contribution in [-0.2, 0) is 4.79 Å². The minimum absolute atomic E-state index is 0.146. The first kappa shape index (κ1) is 11.8. The van der Waals surface area contributed by atoms with Gasteiger partial charge in [-0.15, -0.1) is 0 Å². The molecule has 0 aromatic rings. The van der Waals surface area contributed by atoms with Crippen LogP contribution in [0.1, 0.15) is 20.3 Å². The van der Waals surface area contributed by atoms with Gasteiger partial charge in [0.05, 0.1) is 0 Å². The van der Waals surface area contributed by atoms with Crippen LogP contribution in [0.2, 0.25) is 0 Å². The van der Waals surface area contributed by atoms with E-state index in [2.05, 4.69) is 10.0 Å². The van der Waals surface area contributed by atoms with Gasteiger partial charge in [-0.1, -0.05) is 25.8 Å². The zero-order valence-corrected chi connectivity index (χ0v) is 8.83. The maximum atomic E-state index is 11.1. The Bertz CT molecular complexity index is 128. The van der Waals surface area contributed by atoms with Crippen molar-refractivity contribution in [3.05, 3.63) is 0 Å². The number of hydrogen-bond acceptors (Lipinski definition) is 3. The van der Waals surface area contributed by atoms with Crippen molar-refractivity contribution in [2.45, 2.75) is 20.3 Å². The van der Waals surface area contributed by atoms with Crippen molar-refractivity contribution in [1.29, 1.82) is 0 Å². The van der Waals surface area contributed by atoms with Crippen molar-refractivity contribution in [1.82, 2.24) is 10.0 Å². The van der Waals surface area contributed by atoms with Crippen molar-refractivity contribution < 1.29 is 4.79 Å². The average Bonchev–Trinajstić information content (AvgIpc) is 1.97. The Balaban J connectivity index is 3.20. The van der Waals surface area contributed by atoms with Crippen LogP contribution < -0.4 is 10.0 Å². The lowest BCUT2D eigenvalue weighted by molar-refractivity contribution is -0.121. The summed E-state index contributed by atoms with van der Waals surface area (Å²) in [5, 5.41) is 2.83. The molecule has 0 fully saturated rings. The van der Waals surface area contributed by atoms with E-state index in [1.54, 1.807) is 11.9 Å². The van der Waals surface area contributed by atoms with Crippen molar-refractivity contribution in [3.8, 4) is 0 Å². The number of hydrogen-bond donors (Lipinski definition) is 2. The summed E-state index contributed by atoms with van der Waals surface area (Å²) < 4.78 is 3.06. The molecule has 0 atom stereocenters. The third-order valence-electron chi connectivity index (χ3n) is 1.29. The Hall–Kier alpha value is -0.220. The van der Waals surface area contributed by atoms with Gasteiger partial charge < -0.3 is 5.32 Å². The van der Waals surface area contributed by atoms with Crippen LogP contribution in [0.15, 0.2) is 0 Å². The van der Waals surface area contributed by atoms with E-state index in [1.807, 2.05) is 20.1 Å². The van der Waals surface area contributed by atoms with E-state index in [9.17, 15) is 4.79 Å². The predicted molar refractivity (Wildman–Crippen MR) is 54.0 cm³/mol. The number of carbonyl (C=O) groups is 1. The van der Waals surface area contributed by atoms with E-state index in [1.165, 1.54) is 0 Å². The Morgan fingerprint density at radius 3 is 2.58 bits per heavy atom. The van der Waals surface area contributed by atoms with Crippen LogP contribution in [0.3, 0.4) is 0 Å². The van der Waals surface area contributed by atoms with Gasteiger partial charge >= 0.3 is 0 Å². The Morgan fingerprint density at radius 1 is 1.42 bits per heavy atom. The predicted octanol–water partition coefficient (Wildman–Crippen LogP) is 1.02. The Labute approximate surface area is 78.8 Å². The maximum Gasteiger partial charge on any atom is 0.220 e. The second-order valence-electron chi connectivity index (χ2n) is 3.05. The van der Waals surface area contributed by atoms with Gasteiger partial charge in [-0.3, -0.25) is 9.52 Å². The van der Waals surface area contributed by atoms with Gasteiger partial charge in [-0.25, -0.2) is 0 Å². The van der Waals surface area contributed by atoms with E-state index in [0.717, 1.165) is 6.54 Å². The van der Waals surface area contributed by atoms with Gasteiger partial charge in [0.1, 0.15) is 0 Å². The van der Waals surface area contributed by atoms with Crippen LogP contribution in [0.5, 0.6) is 0 Å². The molecular weight excluding hydrogens is 172 g/mol. The molecule has 0 aliphatic heterocycles. The molecule has 3 nitrogen and oxygen atoms in total. The minimum atomic E-state index is 0.146. The molecule has 0 aliphatic carbocycles. The summed E-state index contributed by atoms with van der Waals surface area (Å²) >= 11 is 1.57. The Kier molecular flexibility index (Phi) is 7.29.